The summed E-state index contributed by atoms with van der Waals surface area (Å²) in [7, 11) is 0. The Labute approximate surface area is 299 Å². The summed E-state index contributed by atoms with van der Waals surface area (Å²) < 4.78 is 0. The van der Waals surface area contributed by atoms with Crippen LogP contribution in [0.4, 0.5) is 11.4 Å². The lowest BCUT2D eigenvalue weighted by atomic mass is 10.0. The lowest BCUT2D eigenvalue weighted by Gasteiger charge is -2.43. The quantitative estimate of drug-likeness (QED) is 0.193. The number of hydrogen-bond acceptors (Lipinski definition) is 6. The molecule has 0 bridgehead atoms. The number of nitrogens with zero attached hydrogens (tertiary/aromatic N) is 5. The van der Waals surface area contributed by atoms with Crippen molar-refractivity contribution in [1.82, 2.24) is 10.2 Å². The SMILES string of the molecule is N#Cc1ccc(N2CCN(Cc3ccccc3)C[C@H]2c2ccccc2)c(Cl)c1.N#Cc1ccc(N2CCNC[C@H]2c2ccccc2)c(Cl)c1. The van der Waals surface area contributed by atoms with E-state index in [9.17, 15) is 0 Å². The van der Waals surface area contributed by atoms with E-state index in [0.29, 0.717) is 21.2 Å². The van der Waals surface area contributed by atoms with Crippen LogP contribution in [-0.2, 0) is 6.54 Å². The highest BCUT2D eigenvalue weighted by molar-refractivity contribution is 6.33. The van der Waals surface area contributed by atoms with Gasteiger partial charge in [-0.1, -0.05) is 114 Å². The van der Waals surface area contributed by atoms with Gasteiger partial charge in [0.15, 0.2) is 0 Å². The number of piperazine rings is 2. The number of nitrogens with one attached hydrogen (secondary N) is 1. The number of benzene rings is 5. The van der Waals surface area contributed by atoms with Crippen LogP contribution in [0.3, 0.4) is 0 Å². The predicted molar refractivity (Wildman–Crippen MR) is 200 cm³/mol. The van der Waals surface area contributed by atoms with E-state index in [-0.39, 0.29) is 12.1 Å². The Morgan fingerprint density at radius 1 is 0.612 bits per heavy atom. The number of hydrogen-bond donors (Lipinski definition) is 1. The molecule has 0 saturated carbocycles. The zero-order valence-corrected chi connectivity index (χ0v) is 28.7. The average molecular weight is 686 g/mol. The van der Waals surface area contributed by atoms with Gasteiger partial charge < -0.3 is 15.1 Å². The first kappa shape index (κ1) is 34.1. The monoisotopic (exact) mass is 684 g/mol. The van der Waals surface area contributed by atoms with Gasteiger partial charge in [-0.15, -0.1) is 0 Å². The molecule has 0 amide bonds. The second-order valence-corrected chi connectivity index (χ2v) is 13.0. The van der Waals surface area contributed by atoms with Crippen LogP contribution in [0.1, 0.15) is 39.9 Å². The van der Waals surface area contributed by atoms with Gasteiger partial charge in [0.25, 0.3) is 0 Å². The summed E-state index contributed by atoms with van der Waals surface area (Å²) in [4.78, 5) is 7.19. The fraction of sp³-hybridized carbons (Fsp3) is 0.220. The van der Waals surface area contributed by atoms with E-state index in [1.165, 1.54) is 16.7 Å². The molecule has 0 unspecified atom stereocenters. The van der Waals surface area contributed by atoms with Crippen molar-refractivity contribution in [3.05, 3.63) is 165 Å². The molecule has 0 aromatic heterocycles. The van der Waals surface area contributed by atoms with E-state index in [0.717, 1.165) is 57.2 Å². The van der Waals surface area contributed by atoms with Gasteiger partial charge in [-0.3, -0.25) is 4.90 Å². The molecule has 2 saturated heterocycles. The highest BCUT2D eigenvalue weighted by Crippen LogP contribution is 2.36. The van der Waals surface area contributed by atoms with E-state index in [1.54, 1.807) is 12.1 Å². The summed E-state index contributed by atoms with van der Waals surface area (Å²) >= 11 is 12.9. The number of anilines is 2. The van der Waals surface area contributed by atoms with Crippen molar-refractivity contribution < 1.29 is 0 Å². The fourth-order valence-electron chi connectivity index (χ4n) is 6.66. The minimum Gasteiger partial charge on any atom is -0.361 e. The zero-order valence-electron chi connectivity index (χ0n) is 27.2. The molecule has 5 aromatic carbocycles. The lowest BCUT2D eigenvalue weighted by molar-refractivity contribution is 0.215. The Bertz CT molecular complexity index is 1910. The van der Waals surface area contributed by atoms with Gasteiger partial charge in [0.2, 0.25) is 0 Å². The molecule has 5 aromatic rings. The minimum absolute atomic E-state index is 0.212. The Kier molecular flexibility index (Phi) is 11.5. The molecule has 1 N–H and O–H groups in total. The molecule has 0 radical (unpaired) electrons. The smallest absolute Gasteiger partial charge is 0.0992 e. The van der Waals surface area contributed by atoms with Crippen molar-refractivity contribution in [2.24, 2.45) is 0 Å². The summed E-state index contributed by atoms with van der Waals surface area (Å²) in [6.45, 7) is 6.44. The van der Waals surface area contributed by atoms with Crippen molar-refractivity contribution in [2.45, 2.75) is 18.6 Å². The summed E-state index contributed by atoms with van der Waals surface area (Å²) in [6, 6.07) is 47.5. The van der Waals surface area contributed by atoms with E-state index in [2.05, 4.69) is 111 Å². The fourth-order valence-corrected chi connectivity index (χ4v) is 7.24. The molecule has 246 valence electrons. The van der Waals surface area contributed by atoms with Gasteiger partial charge in [-0.2, -0.15) is 10.5 Å². The Balaban J connectivity index is 0.000000177. The highest BCUT2D eigenvalue weighted by atomic mass is 35.5. The van der Waals surface area contributed by atoms with Gasteiger partial charge in [-0.25, -0.2) is 0 Å². The summed E-state index contributed by atoms with van der Waals surface area (Å²) in [5.41, 5.74) is 7.05. The van der Waals surface area contributed by atoms with Crippen molar-refractivity contribution in [3.8, 4) is 12.1 Å². The summed E-state index contributed by atoms with van der Waals surface area (Å²) in [6.07, 6.45) is 0. The van der Waals surface area contributed by atoms with Crippen LogP contribution in [-0.4, -0.2) is 44.2 Å². The molecule has 8 heteroatoms. The topological polar surface area (TPSA) is 69.3 Å². The molecular formula is C41H38Cl2N6. The van der Waals surface area contributed by atoms with Gasteiger partial charge in [0.05, 0.1) is 56.8 Å². The van der Waals surface area contributed by atoms with Crippen LogP contribution in [0.2, 0.25) is 10.0 Å². The Hall–Kier alpha value is -4.82. The zero-order chi connectivity index (χ0) is 34.0. The standard InChI is InChI=1S/C24H22ClN3.C17H16ClN3/c25-22-15-20(16-26)11-12-23(22)28-14-13-27(17-19-7-3-1-4-8-19)18-24(28)21-9-5-2-6-10-21;18-15-10-13(11-19)6-7-16(15)21-9-8-20-12-17(21)14-4-2-1-3-5-14/h1-12,15,24H,13-14,17-18H2;1-7,10,17,20H,8-9,12H2/t24-;17-/m00/s1. The third-order valence-corrected chi connectivity index (χ3v) is 9.70. The van der Waals surface area contributed by atoms with E-state index in [4.69, 9.17) is 33.7 Å². The van der Waals surface area contributed by atoms with E-state index in [1.807, 2.05) is 36.4 Å². The third kappa shape index (κ3) is 8.43. The van der Waals surface area contributed by atoms with Gasteiger partial charge in [0.1, 0.15) is 0 Å². The van der Waals surface area contributed by atoms with Crippen molar-refractivity contribution >= 4 is 34.6 Å². The van der Waals surface area contributed by atoms with Crippen molar-refractivity contribution in [1.29, 1.82) is 10.5 Å². The minimum atomic E-state index is 0.212. The van der Waals surface area contributed by atoms with Crippen LogP contribution in [0.5, 0.6) is 0 Å². The number of halogens is 2. The number of rotatable bonds is 6. The first-order valence-corrected chi connectivity index (χ1v) is 17.3. The van der Waals surface area contributed by atoms with E-state index >= 15 is 0 Å². The van der Waals surface area contributed by atoms with E-state index < -0.39 is 0 Å². The lowest BCUT2D eigenvalue weighted by Crippen LogP contribution is -2.48. The molecule has 0 spiro atoms. The average Bonchev–Trinajstić information content (AvgIpc) is 3.16. The molecule has 2 atom stereocenters. The summed E-state index contributed by atoms with van der Waals surface area (Å²) in [5, 5.41) is 22.8. The molecule has 2 aliphatic heterocycles. The van der Waals surface area contributed by atoms with Crippen LogP contribution >= 0.6 is 23.2 Å². The maximum Gasteiger partial charge on any atom is 0.0992 e. The Morgan fingerprint density at radius 2 is 1.12 bits per heavy atom. The maximum atomic E-state index is 9.14. The molecule has 49 heavy (non-hydrogen) atoms. The molecule has 7 rings (SSSR count). The largest absolute Gasteiger partial charge is 0.361 e. The number of nitriles is 2. The first-order chi connectivity index (χ1) is 24.0. The summed E-state index contributed by atoms with van der Waals surface area (Å²) in [5.74, 6) is 0. The molecule has 6 nitrogen and oxygen atoms in total. The van der Waals surface area contributed by atoms with Gasteiger partial charge in [-0.05, 0) is 53.1 Å². The van der Waals surface area contributed by atoms with Crippen LogP contribution in [0.25, 0.3) is 0 Å². The predicted octanol–water partition coefficient (Wildman–Crippen LogP) is 8.64. The molecular weight excluding hydrogens is 647 g/mol. The Morgan fingerprint density at radius 3 is 1.65 bits per heavy atom. The second kappa shape index (κ2) is 16.5. The first-order valence-electron chi connectivity index (χ1n) is 16.5. The normalized spacial score (nSPS) is 17.7. The molecule has 2 fully saturated rings. The van der Waals surface area contributed by atoms with Crippen LogP contribution in [0, 0.1) is 22.7 Å². The van der Waals surface area contributed by atoms with Gasteiger partial charge >= 0.3 is 0 Å². The van der Waals surface area contributed by atoms with Crippen molar-refractivity contribution in [3.63, 3.8) is 0 Å². The molecule has 0 aliphatic carbocycles. The second-order valence-electron chi connectivity index (χ2n) is 12.2. The van der Waals surface area contributed by atoms with Gasteiger partial charge in [0, 0.05) is 45.8 Å². The highest BCUT2D eigenvalue weighted by Gasteiger charge is 2.30. The maximum absolute atomic E-state index is 9.14. The molecule has 2 aliphatic rings. The van der Waals surface area contributed by atoms with Crippen LogP contribution < -0.4 is 15.1 Å². The van der Waals surface area contributed by atoms with Crippen LogP contribution in [0.15, 0.2) is 127 Å². The van der Waals surface area contributed by atoms with Crippen molar-refractivity contribution in [2.75, 3.05) is 49.1 Å². The molecule has 2 heterocycles. The third-order valence-electron chi connectivity index (χ3n) is 9.10.